The van der Waals surface area contributed by atoms with Crippen molar-refractivity contribution in [3.05, 3.63) is 48.0 Å². The van der Waals surface area contributed by atoms with Crippen molar-refractivity contribution in [2.75, 3.05) is 6.54 Å². The minimum absolute atomic E-state index is 0.0304. The van der Waals surface area contributed by atoms with Crippen LogP contribution in [0.3, 0.4) is 0 Å². The Kier molecular flexibility index (Phi) is 3.83. The first-order valence-corrected chi connectivity index (χ1v) is 8.24. The number of rotatable bonds is 4. The van der Waals surface area contributed by atoms with Crippen LogP contribution in [0.15, 0.2) is 36.8 Å². The van der Waals surface area contributed by atoms with E-state index < -0.39 is 0 Å². The van der Waals surface area contributed by atoms with Crippen molar-refractivity contribution in [3.8, 4) is 0 Å². The number of amides is 1. The van der Waals surface area contributed by atoms with E-state index in [-0.39, 0.29) is 11.9 Å². The van der Waals surface area contributed by atoms with Crippen LogP contribution in [0.5, 0.6) is 0 Å². The monoisotopic (exact) mass is 311 g/mol. The van der Waals surface area contributed by atoms with Crippen molar-refractivity contribution in [1.82, 2.24) is 25.0 Å². The fourth-order valence-corrected chi connectivity index (χ4v) is 3.35. The third-order valence-corrected chi connectivity index (χ3v) is 4.90. The van der Waals surface area contributed by atoms with Crippen LogP contribution in [0.4, 0.5) is 0 Å². The van der Waals surface area contributed by atoms with E-state index in [9.17, 15) is 4.79 Å². The highest BCUT2D eigenvalue weighted by Crippen LogP contribution is 2.30. The molecule has 120 valence electrons. The van der Waals surface area contributed by atoms with Gasteiger partial charge in [-0.2, -0.15) is 5.10 Å². The van der Waals surface area contributed by atoms with Gasteiger partial charge in [0.25, 0.3) is 0 Å². The number of aromatic nitrogens is 3. The molecule has 6 heteroatoms. The molecule has 23 heavy (non-hydrogen) atoms. The molecule has 0 unspecified atom stereocenters. The molecule has 0 spiro atoms. The maximum Gasteiger partial charge on any atom is 0.246 e. The van der Waals surface area contributed by atoms with Crippen LogP contribution < -0.4 is 5.32 Å². The SMILES string of the molecule is O=C(NCc1cccnc1)[C@@H]1CN(C2CCC2)Cc2ccnn21. The first kappa shape index (κ1) is 14.4. The molecule has 0 radical (unpaired) electrons. The van der Waals surface area contributed by atoms with Gasteiger partial charge in [0.05, 0.1) is 5.69 Å². The normalized spacial score (nSPS) is 21.5. The van der Waals surface area contributed by atoms with Crippen LogP contribution in [-0.4, -0.2) is 38.2 Å². The summed E-state index contributed by atoms with van der Waals surface area (Å²) in [7, 11) is 0. The number of fused-ring (bicyclic) bond motifs is 1. The fraction of sp³-hybridized carbons (Fsp3) is 0.471. The van der Waals surface area contributed by atoms with Gasteiger partial charge in [0.1, 0.15) is 6.04 Å². The number of nitrogens with zero attached hydrogens (tertiary/aromatic N) is 4. The summed E-state index contributed by atoms with van der Waals surface area (Å²) in [5.74, 6) is 0.0304. The molecule has 4 rings (SSSR count). The number of pyridine rings is 1. The maximum atomic E-state index is 12.7. The van der Waals surface area contributed by atoms with Gasteiger partial charge in [0, 0.05) is 44.3 Å². The van der Waals surface area contributed by atoms with Crippen LogP contribution in [0.1, 0.15) is 36.6 Å². The molecular formula is C17H21N5O. The Morgan fingerprint density at radius 2 is 2.22 bits per heavy atom. The van der Waals surface area contributed by atoms with Gasteiger partial charge >= 0.3 is 0 Å². The number of carbonyl (C=O) groups is 1. The number of carbonyl (C=O) groups excluding carboxylic acids is 1. The first-order valence-electron chi connectivity index (χ1n) is 8.24. The van der Waals surface area contributed by atoms with Crippen molar-refractivity contribution < 1.29 is 4.79 Å². The first-order chi connectivity index (χ1) is 11.3. The van der Waals surface area contributed by atoms with Crippen molar-refractivity contribution in [2.45, 2.75) is 44.4 Å². The molecule has 3 heterocycles. The quantitative estimate of drug-likeness (QED) is 0.929. The van der Waals surface area contributed by atoms with Gasteiger partial charge in [-0.05, 0) is 30.5 Å². The Morgan fingerprint density at radius 1 is 1.30 bits per heavy atom. The lowest BCUT2D eigenvalue weighted by atomic mass is 9.90. The minimum atomic E-state index is -0.244. The van der Waals surface area contributed by atoms with E-state index in [0.717, 1.165) is 24.3 Å². The average molecular weight is 311 g/mol. The van der Waals surface area contributed by atoms with Gasteiger partial charge in [-0.1, -0.05) is 12.5 Å². The van der Waals surface area contributed by atoms with Crippen molar-refractivity contribution >= 4 is 5.91 Å². The summed E-state index contributed by atoms with van der Waals surface area (Å²) in [6.07, 6.45) is 9.11. The predicted molar refractivity (Wildman–Crippen MR) is 85.4 cm³/mol. The van der Waals surface area contributed by atoms with E-state index in [0.29, 0.717) is 12.6 Å². The standard InChI is InChI=1S/C17H21N5O/c23-17(19-10-13-3-2-7-18-9-13)16-12-21(14-4-1-5-14)11-15-6-8-20-22(15)16/h2-3,6-9,14,16H,1,4-5,10-12H2,(H,19,23)/t16-/m0/s1. The van der Waals surface area contributed by atoms with Gasteiger partial charge in [-0.25, -0.2) is 0 Å². The zero-order valence-corrected chi connectivity index (χ0v) is 13.1. The summed E-state index contributed by atoms with van der Waals surface area (Å²) in [4.78, 5) is 19.2. The number of nitrogens with one attached hydrogen (secondary N) is 1. The highest BCUT2D eigenvalue weighted by atomic mass is 16.2. The smallest absolute Gasteiger partial charge is 0.246 e. The topological polar surface area (TPSA) is 63.1 Å². The van der Waals surface area contributed by atoms with Crippen molar-refractivity contribution in [1.29, 1.82) is 0 Å². The molecule has 1 amide bonds. The van der Waals surface area contributed by atoms with E-state index in [1.54, 1.807) is 18.6 Å². The molecule has 1 fully saturated rings. The van der Waals surface area contributed by atoms with E-state index in [1.165, 1.54) is 19.3 Å². The van der Waals surface area contributed by atoms with Crippen LogP contribution in [0.2, 0.25) is 0 Å². The van der Waals surface area contributed by atoms with E-state index >= 15 is 0 Å². The lowest BCUT2D eigenvalue weighted by Gasteiger charge is -2.42. The molecule has 1 aliphatic heterocycles. The third-order valence-electron chi connectivity index (χ3n) is 4.90. The minimum Gasteiger partial charge on any atom is -0.350 e. The van der Waals surface area contributed by atoms with E-state index in [4.69, 9.17) is 0 Å². The molecule has 1 aliphatic carbocycles. The second-order valence-electron chi connectivity index (χ2n) is 6.38. The Bertz CT molecular complexity index is 679. The lowest BCUT2D eigenvalue weighted by Crippen LogP contribution is -2.50. The van der Waals surface area contributed by atoms with Crippen LogP contribution >= 0.6 is 0 Å². The number of hydrogen-bond donors (Lipinski definition) is 1. The summed E-state index contributed by atoms with van der Waals surface area (Å²) >= 11 is 0. The van der Waals surface area contributed by atoms with Crippen LogP contribution in [-0.2, 0) is 17.9 Å². The summed E-state index contributed by atoms with van der Waals surface area (Å²) in [6.45, 7) is 2.15. The van der Waals surface area contributed by atoms with Gasteiger partial charge in [-0.3, -0.25) is 19.4 Å². The molecule has 2 aromatic rings. The molecule has 2 aliphatic rings. The second-order valence-corrected chi connectivity index (χ2v) is 6.38. The molecule has 6 nitrogen and oxygen atoms in total. The molecule has 2 aromatic heterocycles. The zero-order chi connectivity index (χ0) is 15.6. The Balaban J connectivity index is 1.47. The Labute approximate surface area is 135 Å². The van der Waals surface area contributed by atoms with E-state index in [1.807, 2.05) is 22.9 Å². The highest BCUT2D eigenvalue weighted by Gasteiger charge is 2.35. The summed E-state index contributed by atoms with van der Waals surface area (Å²) in [5, 5.41) is 7.40. The fourth-order valence-electron chi connectivity index (χ4n) is 3.35. The second kappa shape index (κ2) is 6.12. The molecule has 0 bridgehead atoms. The largest absolute Gasteiger partial charge is 0.350 e. The van der Waals surface area contributed by atoms with Gasteiger partial charge in [-0.15, -0.1) is 0 Å². The maximum absolute atomic E-state index is 12.7. The van der Waals surface area contributed by atoms with Crippen LogP contribution in [0.25, 0.3) is 0 Å². The van der Waals surface area contributed by atoms with Gasteiger partial charge < -0.3 is 5.32 Å². The number of hydrogen-bond acceptors (Lipinski definition) is 4. The summed E-state index contributed by atoms with van der Waals surface area (Å²) in [6, 6.07) is 6.25. The zero-order valence-electron chi connectivity index (χ0n) is 13.1. The Hall–Kier alpha value is -2.21. The van der Waals surface area contributed by atoms with Crippen LogP contribution in [0, 0.1) is 0 Å². The van der Waals surface area contributed by atoms with Gasteiger partial charge in [0.15, 0.2) is 0 Å². The molecule has 1 atom stereocenters. The van der Waals surface area contributed by atoms with Crippen molar-refractivity contribution in [3.63, 3.8) is 0 Å². The third kappa shape index (κ3) is 2.86. The molecule has 0 saturated heterocycles. The lowest BCUT2D eigenvalue weighted by molar-refractivity contribution is -0.126. The van der Waals surface area contributed by atoms with E-state index in [2.05, 4.69) is 20.3 Å². The Morgan fingerprint density at radius 3 is 2.96 bits per heavy atom. The molecule has 1 saturated carbocycles. The summed E-state index contributed by atoms with van der Waals surface area (Å²) < 4.78 is 1.88. The molecule has 0 aromatic carbocycles. The van der Waals surface area contributed by atoms with Gasteiger partial charge in [0.2, 0.25) is 5.91 Å². The molecule has 1 N–H and O–H groups in total. The summed E-state index contributed by atoms with van der Waals surface area (Å²) in [5.41, 5.74) is 2.14. The highest BCUT2D eigenvalue weighted by molar-refractivity contribution is 5.80. The van der Waals surface area contributed by atoms with Crippen molar-refractivity contribution in [2.24, 2.45) is 0 Å². The molecular weight excluding hydrogens is 290 g/mol. The average Bonchev–Trinajstić information content (AvgIpc) is 2.99. The predicted octanol–water partition coefficient (Wildman–Crippen LogP) is 1.50.